The van der Waals surface area contributed by atoms with Crippen molar-refractivity contribution in [3.05, 3.63) is 23.9 Å². The highest BCUT2D eigenvalue weighted by molar-refractivity contribution is 5.16. The van der Waals surface area contributed by atoms with Gasteiger partial charge in [-0.1, -0.05) is 25.0 Å². The summed E-state index contributed by atoms with van der Waals surface area (Å²) in [5, 5.41) is 14.2. The van der Waals surface area contributed by atoms with Gasteiger partial charge in [0.05, 0.1) is 0 Å². The van der Waals surface area contributed by atoms with E-state index in [-0.39, 0.29) is 0 Å². The molecular formula is C12H21N5. The molecule has 0 unspecified atom stereocenters. The minimum absolute atomic E-state index is 1.12. The molecule has 0 amide bonds. The van der Waals surface area contributed by atoms with Gasteiger partial charge in [-0.15, -0.1) is 0 Å². The predicted molar refractivity (Wildman–Crippen MR) is 69.0 cm³/mol. The number of unbranched alkanes of at least 4 members (excludes halogenated alkanes) is 1. The van der Waals surface area contributed by atoms with Gasteiger partial charge in [0.15, 0.2) is 12.4 Å². The molecule has 1 heterocycles. The average molecular weight is 235 g/mol. The quantitative estimate of drug-likeness (QED) is 0.568. The third kappa shape index (κ3) is 13.9. The number of allylic oxidation sites excluding steroid dienone is 2. The molecule has 0 radical (unpaired) electrons. The van der Waals surface area contributed by atoms with Crippen LogP contribution < -0.4 is 11.5 Å². The third-order valence-electron chi connectivity index (χ3n) is 1.93. The highest BCUT2D eigenvalue weighted by Crippen LogP contribution is 2.06. The van der Waals surface area contributed by atoms with Crippen LogP contribution in [-0.4, -0.2) is 18.0 Å². The maximum atomic E-state index is 7.10. The monoisotopic (exact) mass is 235 g/mol. The number of nitrogens with two attached hydrogens (primary N) is 2. The van der Waals surface area contributed by atoms with E-state index < -0.39 is 0 Å². The summed E-state index contributed by atoms with van der Waals surface area (Å²) in [4.78, 5) is 2.37. The Morgan fingerprint density at radius 3 is 2.29 bits per heavy atom. The fourth-order valence-corrected chi connectivity index (χ4v) is 1.27. The Morgan fingerprint density at radius 1 is 1.35 bits per heavy atom. The summed E-state index contributed by atoms with van der Waals surface area (Å²) in [5.74, 6) is 0. The summed E-state index contributed by atoms with van der Waals surface area (Å²) < 4.78 is 0. The van der Waals surface area contributed by atoms with Crippen LogP contribution in [0.3, 0.4) is 0 Å². The van der Waals surface area contributed by atoms with E-state index in [2.05, 4.69) is 48.6 Å². The van der Waals surface area contributed by atoms with Crippen molar-refractivity contribution in [2.75, 3.05) is 13.1 Å². The van der Waals surface area contributed by atoms with Gasteiger partial charge in [-0.05, 0) is 25.6 Å². The maximum Gasteiger partial charge on any atom is 0.173 e. The lowest BCUT2D eigenvalue weighted by Crippen LogP contribution is -2.22. The number of hydrogen-bond acceptors (Lipinski definition) is 5. The molecule has 0 aliphatic carbocycles. The molecule has 0 aromatic heterocycles. The molecule has 17 heavy (non-hydrogen) atoms. The summed E-state index contributed by atoms with van der Waals surface area (Å²) in [6.45, 7) is 6.74. The first-order chi connectivity index (χ1) is 8.15. The van der Waals surface area contributed by atoms with E-state index in [1.165, 1.54) is 37.3 Å². The van der Waals surface area contributed by atoms with Gasteiger partial charge in [0.2, 0.25) is 0 Å². The van der Waals surface area contributed by atoms with Gasteiger partial charge in [0.25, 0.3) is 0 Å². The van der Waals surface area contributed by atoms with Gasteiger partial charge >= 0.3 is 0 Å². The van der Waals surface area contributed by atoms with E-state index >= 15 is 0 Å². The van der Waals surface area contributed by atoms with Crippen molar-refractivity contribution in [2.24, 2.45) is 11.5 Å². The number of nitrogens with zero attached hydrogens (tertiary/aromatic N) is 3. The van der Waals surface area contributed by atoms with Gasteiger partial charge in [-0.3, -0.25) is 0 Å². The molecule has 5 heteroatoms. The van der Waals surface area contributed by atoms with Crippen LogP contribution in [0.5, 0.6) is 0 Å². The second-order valence-corrected chi connectivity index (χ2v) is 3.44. The SMILES string of the molecule is CCCCN1C=CC=C(C)C1.N#CN.N#CN. The lowest BCUT2D eigenvalue weighted by atomic mass is 10.2. The van der Waals surface area contributed by atoms with Crippen molar-refractivity contribution in [1.82, 2.24) is 4.90 Å². The molecule has 0 fully saturated rings. The van der Waals surface area contributed by atoms with Crippen LogP contribution in [0.25, 0.3) is 0 Å². The molecule has 1 rings (SSSR count). The zero-order valence-electron chi connectivity index (χ0n) is 10.6. The minimum Gasteiger partial charge on any atom is -0.373 e. The molecule has 0 aromatic carbocycles. The molecule has 5 nitrogen and oxygen atoms in total. The summed E-state index contributed by atoms with van der Waals surface area (Å²) in [6, 6.07) is 0. The number of hydrogen-bond donors (Lipinski definition) is 2. The predicted octanol–water partition coefficient (Wildman–Crippen LogP) is 1.41. The highest BCUT2D eigenvalue weighted by Gasteiger charge is 2.01. The first kappa shape index (κ1) is 17.3. The van der Waals surface area contributed by atoms with E-state index in [0.29, 0.717) is 0 Å². The molecular weight excluding hydrogens is 214 g/mol. The molecule has 0 saturated heterocycles. The van der Waals surface area contributed by atoms with E-state index in [0.717, 1.165) is 6.54 Å². The van der Waals surface area contributed by atoms with Crippen LogP contribution in [0.15, 0.2) is 23.9 Å². The van der Waals surface area contributed by atoms with Crippen molar-refractivity contribution < 1.29 is 0 Å². The Balaban J connectivity index is 0. The Hall–Kier alpha value is -2.14. The molecule has 0 spiro atoms. The molecule has 0 aromatic rings. The van der Waals surface area contributed by atoms with E-state index in [9.17, 15) is 0 Å². The van der Waals surface area contributed by atoms with Crippen LogP contribution in [0.2, 0.25) is 0 Å². The van der Waals surface area contributed by atoms with Crippen molar-refractivity contribution in [2.45, 2.75) is 26.7 Å². The average Bonchev–Trinajstić information content (AvgIpc) is 2.29. The normalized spacial score (nSPS) is 11.8. The van der Waals surface area contributed by atoms with Crippen LogP contribution in [0, 0.1) is 22.9 Å². The van der Waals surface area contributed by atoms with E-state index in [4.69, 9.17) is 10.5 Å². The Kier molecular flexibility index (Phi) is 14.1. The molecule has 1 aliphatic heterocycles. The Labute approximate surface area is 104 Å². The van der Waals surface area contributed by atoms with Crippen LogP contribution in [0.4, 0.5) is 0 Å². The van der Waals surface area contributed by atoms with Crippen molar-refractivity contribution in [3.63, 3.8) is 0 Å². The topological polar surface area (TPSA) is 103 Å². The summed E-state index contributed by atoms with van der Waals surface area (Å²) in [6.07, 6.45) is 11.6. The standard InChI is InChI=1S/C10H17N.2CH2N2/c1-3-4-7-11-8-5-6-10(2)9-11;2*2-1-3/h5-6,8H,3-4,7,9H2,1-2H3;2*2H2. The number of rotatable bonds is 3. The van der Waals surface area contributed by atoms with Crippen LogP contribution in [0.1, 0.15) is 26.7 Å². The van der Waals surface area contributed by atoms with Gasteiger partial charge < -0.3 is 16.4 Å². The lowest BCUT2D eigenvalue weighted by molar-refractivity contribution is 0.392. The summed E-state index contributed by atoms with van der Waals surface area (Å²) in [7, 11) is 0. The first-order valence-electron chi connectivity index (χ1n) is 5.43. The summed E-state index contributed by atoms with van der Waals surface area (Å²) in [5.41, 5.74) is 9.77. The second-order valence-electron chi connectivity index (χ2n) is 3.44. The maximum absolute atomic E-state index is 7.10. The first-order valence-corrected chi connectivity index (χ1v) is 5.43. The minimum atomic E-state index is 1.12. The van der Waals surface area contributed by atoms with E-state index in [1.807, 2.05) is 0 Å². The van der Waals surface area contributed by atoms with Gasteiger partial charge in [0, 0.05) is 13.1 Å². The van der Waals surface area contributed by atoms with Gasteiger partial charge in [-0.2, -0.15) is 10.5 Å². The lowest BCUT2D eigenvalue weighted by Gasteiger charge is -2.22. The number of nitriles is 2. The van der Waals surface area contributed by atoms with Gasteiger partial charge in [0.1, 0.15) is 0 Å². The molecule has 0 bridgehead atoms. The highest BCUT2D eigenvalue weighted by atomic mass is 15.1. The van der Waals surface area contributed by atoms with Crippen LogP contribution >= 0.6 is 0 Å². The molecule has 0 saturated carbocycles. The molecule has 0 atom stereocenters. The van der Waals surface area contributed by atoms with Crippen molar-refractivity contribution in [1.29, 1.82) is 10.5 Å². The van der Waals surface area contributed by atoms with Crippen molar-refractivity contribution >= 4 is 0 Å². The molecule has 4 N–H and O–H groups in total. The molecule has 1 aliphatic rings. The zero-order chi connectivity index (χ0) is 13.5. The fourth-order valence-electron chi connectivity index (χ4n) is 1.27. The zero-order valence-corrected chi connectivity index (χ0v) is 10.6. The Morgan fingerprint density at radius 2 is 1.88 bits per heavy atom. The largest absolute Gasteiger partial charge is 0.373 e. The Bertz CT molecular complexity index is 294. The van der Waals surface area contributed by atoms with Crippen molar-refractivity contribution in [3.8, 4) is 12.4 Å². The second kappa shape index (κ2) is 13.9. The van der Waals surface area contributed by atoms with Crippen LogP contribution in [-0.2, 0) is 0 Å². The van der Waals surface area contributed by atoms with E-state index in [1.54, 1.807) is 0 Å². The molecule has 94 valence electrons. The smallest absolute Gasteiger partial charge is 0.173 e. The van der Waals surface area contributed by atoms with Gasteiger partial charge in [-0.25, -0.2) is 0 Å². The fraction of sp³-hybridized carbons (Fsp3) is 0.500. The third-order valence-corrected chi connectivity index (χ3v) is 1.93. The summed E-state index contributed by atoms with van der Waals surface area (Å²) >= 11 is 0.